The van der Waals surface area contributed by atoms with E-state index in [1.54, 1.807) is 17.8 Å². The molecule has 2 rings (SSSR count). The first-order valence-electron chi connectivity index (χ1n) is 5.31. The number of nitrogens with zero attached hydrogens (tertiary/aromatic N) is 3. The first kappa shape index (κ1) is 11.3. The largest absolute Gasteiger partial charge is 0.325 e. The third kappa shape index (κ3) is 2.32. The van der Waals surface area contributed by atoms with Crippen LogP contribution in [0.1, 0.15) is 23.9 Å². The van der Waals surface area contributed by atoms with Crippen molar-refractivity contribution in [1.82, 2.24) is 25.0 Å². The van der Waals surface area contributed by atoms with E-state index < -0.39 is 5.69 Å². The zero-order valence-corrected chi connectivity index (χ0v) is 9.65. The van der Waals surface area contributed by atoms with Gasteiger partial charge in [-0.05, 0) is 13.8 Å². The fraction of sp³-hybridized carbons (Fsp3) is 0.400. The smallest absolute Gasteiger partial charge is 0.311 e. The monoisotopic (exact) mass is 235 g/mol. The van der Waals surface area contributed by atoms with Crippen molar-refractivity contribution in [2.24, 2.45) is 0 Å². The van der Waals surface area contributed by atoms with E-state index in [0.29, 0.717) is 17.7 Å². The van der Waals surface area contributed by atoms with Gasteiger partial charge in [0.1, 0.15) is 0 Å². The fourth-order valence-electron chi connectivity index (χ4n) is 1.53. The second-order valence-electron chi connectivity index (χ2n) is 3.75. The van der Waals surface area contributed by atoms with Gasteiger partial charge in [0.2, 0.25) is 0 Å². The molecule has 0 spiro atoms. The van der Waals surface area contributed by atoms with E-state index >= 15 is 0 Å². The van der Waals surface area contributed by atoms with Gasteiger partial charge in [-0.3, -0.25) is 14.5 Å². The lowest BCUT2D eigenvalue weighted by molar-refractivity contribution is 0.626. The molecule has 0 aliphatic rings. The highest BCUT2D eigenvalue weighted by Crippen LogP contribution is 2.04. The molecule has 0 unspecified atom stereocenters. The van der Waals surface area contributed by atoms with Crippen LogP contribution >= 0.6 is 0 Å². The van der Waals surface area contributed by atoms with E-state index in [-0.39, 0.29) is 5.56 Å². The summed E-state index contributed by atoms with van der Waals surface area (Å²) in [4.78, 5) is 27.3. The Labute approximate surface area is 96.5 Å². The second kappa shape index (κ2) is 4.36. The molecule has 0 saturated heterocycles. The minimum absolute atomic E-state index is 0.369. The molecule has 0 aliphatic heterocycles. The molecule has 2 N–H and O–H groups in total. The van der Waals surface area contributed by atoms with Crippen LogP contribution in [-0.2, 0) is 13.0 Å². The van der Waals surface area contributed by atoms with Crippen molar-refractivity contribution in [3.8, 4) is 0 Å². The number of rotatable bonds is 3. The number of aromatic amines is 2. The number of hydrogen-bond acceptors (Lipinski definition) is 4. The minimum atomic E-state index is -0.501. The summed E-state index contributed by atoms with van der Waals surface area (Å²) >= 11 is 0. The molecular formula is C10H13N5O2. The molecule has 0 aliphatic carbocycles. The predicted molar refractivity (Wildman–Crippen MR) is 60.9 cm³/mol. The lowest BCUT2D eigenvalue weighted by Gasteiger charge is -2.00. The second-order valence-corrected chi connectivity index (χ2v) is 3.75. The van der Waals surface area contributed by atoms with E-state index in [9.17, 15) is 9.59 Å². The Morgan fingerprint density at radius 2 is 2.12 bits per heavy atom. The molecule has 0 aromatic carbocycles. The van der Waals surface area contributed by atoms with Crippen LogP contribution < -0.4 is 11.2 Å². The maximum absolute atomic E-state index is 11.4. The van der Waals surface area contributed by atoms with E-state index in [4.69, 9.17) is 0 Å². The molecular weight excluding hydrogens is 222 g/mol. The lowest BCUT2D eigenvalue weighted by atomic mass is 10.1. The Morgan fingerprint density at radius 3 is 2.76 bits per heavy atom. The Bertz CT molecular complexity index is 637. The third-order valence-electron chi connectivity index (χ3n) is 2.55. The number of aryl methyl sites for hydroxylation is 1. The quantitative estimate of drug-likeness (QED) is 0.754. The summed E-state index contributed by atoms with van der Waals surface area (Å²) in [6, 6.07) is 0. The zero-order chi connectivity index (χ0) is 12.4. The summed E-state index contributed by atoms with van der Waals surface area (Å²) in [5, 5.41) is 7.86. The first-order chi connectivity index (χ1) is 8.10. The Morgan fingerprint density at radius 1 is 1.35 bits per heavy atom. The molecule has 0 saturated carbocycles. The molecule has 0 atom stereocenters. The molecule has 0 amide bonds. The normalized spacial score (nSPS) is 10.7. The maximum atomic E-state index is 11.4. The third-order valence-corrected chi connectivity index (χ3v) is 2.55. The van der Waals surface area contributed by atoms with Gasteiger partial charge in [0, 0.05) is 30.4 Å². The van der Waals surface area contributed by atoms with Crippen molar-refractivity contribution in [2.75, 3.05) is 0 Å². The van der Waals surface area contributed by atoms with Gasteiger partial charge in [0.05, 0.1) is 5.69 Å². The van der Waals surface area contributed by atoms with Gasteiger partial charge >= 0.3 is 5.69 Å². The van der Waals surface area contributed by atoms with E-state index in [1.807, 2.05) is 6.92 Å². The number of H-pyrrole nitrogens is 2. The van der Waals surface area contributed by atoms with Crippen molar-refractivity contribution in [1.29, 1.82) is 0 Å². The van der Waals surface area contributed by atoms with Crippen LogP contribution in [0.4, 0.5) is 0 Å². The van der Waals surface area contributed by atoms with Crippen LogP contribution in [0.5, 0.6) is 0 Å². The average Bonchev–Trinajstić information content (AvgIpc) is 2.73. The van der Waals surface area contributed by atoms with Gasteiger partial charge in [-0.15, -0.1) is 5.10 Å². The topological polar surface area (TPSA) is 96.4 Å². The molecule has 2 aromatic heterocycles. The van der Waals surface area contributed by atoms with Gasteiger partial charge in [0.15, 0.2) is 0 Å². The van der Waals surface area contributed by atoms with Crippen LogP contribution in [0.25, 0.3) is 0 Å². The van der Waals surface area contributed by atoms with E-state index in [2.05, 4.69) is 20.3 Å². The summed E-state index contributed by atoms with van der Waals surface area (Å²) in [6.07, 6.45) is 2.18. The summed E-state index contributed by atoms with van der Waals surface area (Å²) in [6.45, 7) is 4.35. The highest BCUT2D eigenvalue weighted by atomic mass is 16.2. The minimum Gasteiger partial charge on any atom is -0.311 e. The highest BCUT2D eigenvalue weighted by molar-refractivity contribution is 5.19. The molecule has 90 valence electrons. The van der Waals surface area contributed by atoms with Crippen LogP contribution in [0.15, 0.2) is 15.8 Å². The highest BCUT2D eigenvalue weighted by Gasteiger charge is 2.08. The van der Waals surface area contributed by atoms with Gasteiger partial charge in [-0.25, -0.2) is 4.79 Å². The van der Waals surface area contributed by atoms with Crippen molar-refractivity contribution in [3.05, 3.63) is 44.0 Å². The van der Waals surface area contributed by atoms with E-state index in [0.717, 1.165) is 12.2 Å². The fourth-order valence-corrected chi connectivity index (χ4v) is 1.53. The summed E-state index contributed by atoms with van der Waals surface area (Å²) in [5.74, 6) is 0. The molecule has 7 heteroatoms. The summed E-state index contributed by atoms with van der Waals surface area (Å²) in [5.41, 5.74) is 0.916. The van der Waals surface area contributed by atoms with Crippen molar-refractivity contribution >= 4 is 0 Å². The predicted octanol–water partition coefficient (Wildman–Crippen LogP) is -0.426. The Balaban J connectivity index is 2.36. The summed E-state index contributed by atoms with van der Waals surface area (Å²) < 4.78 is 1.69. The van der Waals surface area contributed by atoms with Crippen molar-refractivity contribution in [3.63, 3.8) is 0 Å². The van der Waals surface area contributed by atoms with Crippen LogP contribution in [0.3, 0.4) is 0 Å². The van der Waals surface area contributed by atoms with Gasteiger partial charge in [-0.2, -0.15) is 0 Å². The van der Waals surface area contributed by atoms with Crippen LogP contribution in [-0.4, -0.2) is 25.0 Å². The van der Waals surface area contributed by atoms with Crippen LogP contribution in [0.2, 0.25) is 0 Å². The molecule has 2 aromatic rings. The molecule has 2 heterocycles. The number of aromatic nitrogens is 5. The average molecular weight is 235 g/mol. The molecule has 0 fully saturated rings. The van der Waals surface area contributed by atoms with E-state index in [1.165, 1.54) is 0 Å². The van der Waals surface area contributed by atoms with Gasteiger partial charge < -0.3 is 4.98 Å². The SMILES string of the molecule is CCn1cc(Cc2[nH]c(=O)[nH]c(=O)c2C)nn1. The standard InChI is InChI=1S/C10H13N5O2/c1-3-15-5-7(13-14-15)4-8-6(2)9(16)12-10(17)11-8/h5H,3-4H2,1-2H3,(H2,11,12,16,17). The number of nitrogens with one attached hydrogen (secondary N) is 2. The summed E-state index contributed by atoms with van der Waals surface area (Å²) in [7, 11) is 0. The van der Waals surface area contributed by atoms with Gasteiger partial charge in [0.25, 0.3) is 5.56 Å². The molecule has 7 nitrogen and oxygen atoms in total. The number of hydrogen-bond donors (Lipinski definition) is 2. The Kier molecular flexibility index (Phi) is 2.90. The lowest BCUT2D eigenvalue weighted by Crippen LogP contribution is -2.26. The van der Waals surface area contributed by atoms with Gasteiger partial charge in [-0.1, -0.05) is 5.21 Å². The first-order valence-corrected chi connectivity index (χ1v) is 5.31. The molecule has 0 bridgehead atoms. The maximum Gasteiger partial charge on any atom is 0.325 e. The Hall–Kier alpha value is -2.18. The van der Waals surface area contributed by atoms with Crippen LogP contribution in [0, 0.1) is 6.92 Å². The van der Waals surface area contributed by atoms with Crippen molar-refractivity contribution < 1.29 is 0 Å². The van der Waals surface area contributed by atoms with Crippen molar-refractivity contribution in [2.45, 2.75) is 26.8 Å². The zero-order valence-electron chi connectivity index (χ0n) is 9.65. The molecule has 0 radical (unpaired) electrons. The molecule has 17 heavy (non-hydrogen) atoms.